The number of Topliss-reactive ketones (excluding diaryl/α,β-unsaturated/α-hetero) is 1. The van der Waals surface area contributed by atoms with Gasteiger partial charge in [-0.2, -0.15) is 0 Å². The Morgan fingerprint density at radius 3 is 2.43 bits per heavy atom. The molecule has 1 aliphatic carbocycles. The Morgan fingerprint density at radius 1 is 1.29 bits per heavy atom. The molecule has 0 spiro atoms. The Morgan fingerprint density at radius 2 is 1.86 bits per heavy atom. The monoisotopic (exact) mass is 191 g/mol. The predicted molar refractivity (Wildman–Crippen MR) is 52.0 cm³/mol. The summed E-state index contributed by atoms with van der Waals surface area (Å²) in [5.41, 5.74) is -0.550. The maximum absolute atomic E-state index is 11.9. The van der Waals surface area contributed by atoms with Crippen LogP contribution in [0.4, 0.5) is 0 Å². The van der Waals surface area contributed by atoms with E-state index in [2.05, 4.69) is 4.98 Å². The van der Waals surface area contributed by atoms with Crippen LogP contribution in [0.15, 0.2) is 24.5 Å². The summed E-state index contributed by atoms with van der Waals surface area (Å²) < 4.78 is 0. The van der Waals surface area contributed by atoms with Crippen LogP contribution < -0.4 is 0 Å². The summed E-state index contributed by atoms with van der Waals surface area (Å²) >= 11 is 0. The van der Waals surface area contributed by atoms with Gasteiger partial charge in [-0.05, 0) is 37.8 Å². The second kappa shape index (κ2) is 3.50. The van der Waals surface area contributed by atoms with E-state index in [0.29, 0.717) is 18.4 Å². The summed E-state index contributed by atoms with van der Waals surface area (Å²) in [4.78, 5) is 15.7. The summed E-state index contributed by atoms with van der Waals surface area (Å²) in [6.07, 6.45) is 6.21. The van der Waals surface area contributed by atoms with Crippen LogP contribution in [0.25, 0.3) is 0 Å². The van der Waals surface area contributed by atoms with Crippen molar-refractivity contribution in [3.63, 3.8) is 0 Å². The number of nitrogens with zero attached hydrogens (tertiary/aromatic N) is 1. The van der Waals surface area contributed by atoms with Gasteiger partial charge >= 0.3 is 0 Å². The number of rotatable bonds is 2. The molecule has 0 bridgehead atoms. The lowest BCUT2D eigenvalue weighted by atomic mass is 9.92. The maximum Gasteiger partial charge on any atom is 0.194 e. The second-order valence-electron chi connectivity index (χ2n) is 3.80. The topological polar surface area (TPSA) is 50.2 Å². The lowest BCUT2D eigenvalue weighted by Crippen LogP contribution is -2.35. The van der Waals surface area contributed by atoms with E-state index in [4.69, 9.17) is 0 Å². The fraction of sp³-hybridized carbons (Fsp3) is 0.455. The smallest absolute Gasteiger partial charge is 0.194 e. The van der Waals surface area contributed by atoms with Gasteiger partial charge in [-0.15, -0.1) is 0 Å². The van der Waals surface area contributed by atoms with E-state index < -0.39 is 5.60 Å². The van der Waals surface area contributed by atoms with Gasteiger partial charge in [0.1, 0.15) is 5.60 Å². The number of carbonyl (C=O) groups is 1. The highest BCUT2D eigenvalue weighted by Gasteiger charge is 2.38. The lowest BCUT2D eigenvalue weighted by Gasteiger charge is -2.19. The molecule has 1 fully saturated rings. The van der Waals surface area contributed by atoms with E-state index in [1.54, 1.807) is 24.5 Å². The number of ketones is 1. The van der Waals surface area contributed by atoms with Gasteiger partial charge in [-0.25, -0.2) is 0 Å². The minimum Gasteiger partial charge on any atom is -0.382 e. The fourth-order valence-electron chi connectivity index (χ4n) is 1.96. The molecule has 0 atom stereocenters. The molecule has 14 heavy (non-hydrogen) atoms. The molecule has 0 saturated heterocycles. The van der Waals surface area contributed by atoms with Crippen molar-refractivity contribution in [1.82, 2.24) is 4.98 Å². The first-order valence-electron chi connectivity index (χ1n) is 4.90. The van der Waals surface area contributed by atoms with Gasteiger partial charge in [0, 0.05) is 18.0 Å². The van der Waals surface area contributed by atoms with Crippen molar-refractivity contribution in [2.24, 2.45) is 0 Å². The molecule has 0 amide bonds. The molecule has 1 aromatic rings. The third-order valence-electron chi connectivity index (χ3n) is 2.80. The van der Waals surface area contributed by atoms with E-state index in [0.717, 1.165) is 12.8 Å². The Bertz CT molecular complexity index is 328. The van der Waals surface area contributed by atoms with E-state index in [-0.39, 0.29) is 5.78 Å². The number of carbonyl (C=O) groups excluding carboxylic acids is 1. The third-order valence-corrected chi connectivity index (χ3v) is 2.80. The predicted octanol–water partition coefficient (Wildman–Crippen LogP) is 1.57. The summed E-state index contributed by atoms with van der Waals surface area (Å²) in [7, 11) is 0. The molecule has 1 aliphatic rings. The zero-order chi connectivity index (χ0) is 10.0. The van der Waals surface area contributed by atoms with E-state index in [1.165, 1.54) is 0 Å². The molecule has 0 radical (unpaired) electrons. The van der Waals surface area contributed by atoms with E-state index in [1.807, 2.05) is 0 Å². The van der Waals surface area contributed by atoms with Crippen molar-refractivity contribution < 1.29 is 9.90 Å². The number of aliphatic hydroxyl groups is 1. The minimum atomic E-state index is -1.11. The number of aromatic nitrogens is 1. The Kier molecular flexibility index (Phi) is 2.33. The molecule has 1 heterocycles. The van der Waals surface area contributed by atoms with Crippen LogP contribution in [-0.2, 0) is 0 Å². The van der Waals surface area contributed by atoms with Crippen LogP contribution in [0.5, 0.6) is 0 Å². The average molecular weight is 191 g/mol. The first-order valence-corrected chi connectivity index (χ1v) is 4.90. The van der Waals surface area contributed by atoms with Gasteiger partial charge in [0.25, 0.3) is 0 Å². The third kappa shape index (κ3) is 1.55. The second-order valence-corrected chi connectivity index (χ2v) is 3.80. The van der Waals surface area contributed by atoms with Crippen molar-refractivity contribution in [3.8, 4) is 0 Å². The number of hydrogen-bond donors (Lipinski definition) is 1. The highest BCUT2D eigenvalue weighted by molar-refractivity contribution is 6.02. The normalized spacial score (nSPS) is 19.5. The number of hydrogen-bond acceptors (Lipinski definition) is 3. The maximum atomic E-state index is 11.9. The molecule has 3 heteroatoms. The zero-order valence-electron chi connectivity index (χ0n) is 7.94. The first-order chi connectivity index (χ1) is 6.72. The highest BCUT2D eigenvalue weighted by Crippen LogP contribution is 2.32. The summed E-state index contributed by atoms with van der Waals surface area (Å²) in [5.74, 6) is -0.155. The van der Waals surface area contributed by atoms with Gasteiger partial charge in [-0.1, -0.05) is 0 Å². The van der Waals surface area contributed by atoms with Gasteiger partial charge in [0.2, 0.25) is 0 Å². The lowest BCUT2D eigenvalue weighted by molar-refractivity contribution is 0.0353. The molecular weight excluding hydrogens is 178 g/mol. The average Bonchev–Trinajstić information content (AvgIpc) is 2.67. The summed E-state index contributed by atoms with van der Waals surface area (Å²) in [6.45, 7) is 0. The van der Waals surface area contributed by atoms with Crippen LogP contribution in [0.2, 0.25) is 0 Å². The molecule has 2 rings (SSSR count). The van der Waals surface area contributed by atoms with Crippen LogP contribution >= 0.6 is 0 Å². The molecular formula is C11H13NO2. The standard InChI is InChI=1S/C11H13NO2/c13-10(9-3-7-12-8-4-9)11(14)5-1-2-6-11/h3-4,7-8,14H,1-2,5-6H2. The minimum absolute atomic E-state index is 0.155. The SMILES string of the molecule is O=C(c1ccncc1)C1(O)CCCC1. The quantitative estimate of drug-likeness (QED) is 0.722. The fourth-order valence-corrected chi connectivity index (χ4v) is 1.96. The Hall–Kier alpha value is -1.22. The van der Waals surface area contributed by atoms with Crippen LogP contribution in [0.3, 0.4) is 0 Å². The first kappa shape index (κ1) is 9.34. The van der Waals surface area contributed by atoms with Gasteiger partial charge < -0.3 is 5.11 Å². The van der Waals surface area contributed by atoms with Crippen molar-refractivity contribution in [1.29, 1.82) is 0 Å². The van der Waals surface area contributed by atoms with Crippen LogP contribution in [0, 0.1) is 0 Å². The molecule has 1 saturated carbocycles. The Balaban J connectivity index is 2.24. The molecule has 74 valence electrons. The molecule has 0 unspecified atom stereocenters. The molecule has 0 aromatic carbocycles. The largest absolute Gasteiger partial charge is 0.382 e. The molecule has 3 nitrogen and oxygen atoms in total. The number of pyridine rings is 1. The van der Waals surface area contributed by atoms with Crippen LogP contribution in [0.1, 0.15) is 36.0 Å². The zero-order valence-corrected chi connectivity index (χ0v) is 7.94. The molecule has 1 N–H and O–H groups in total. The van der Waals surface area contributed by atoms with Gasteiger partial charge in [-0.3, -0.25) is 9.78 Å². The van der Waals surface area contributed by atoms with Crippen molar-refractivity contribution in [2.75, 3.05) is 0 Å². The van der Waals surface area contributed by atoms with Gasteiger partial charge in [0.15, 0.2) is 5.78 Å². The van der Waals surface area contributed by atoms with Crippen molar-refractivity contribution >= 4 is 5.78 Å². The van der Waals surface area contributed by atoms with Crippen molar-refractivity contribution in [3.05, 3.63) is 30.1 Å². The molecule has 1 aromatic heterocycles. The summed E-state index contributed by atoms with van der Waals surface area (Å²) in [5, 5.41) is 10.0. The highest BCUT2D eigenvalue weighted by atomic mass is 16.3. The van der Waals surface area contributed by atoms with E-state index >= 15 is 0 Å². The Labute approximate surface area is 82.8 Å². The van der Waals surface area contributed by atoms with Gasteiger partial charge in [0.05, 0.1) is 0 Å². The van der Waals surface area contributed by atoms with E-state index in [9.17, 15) is 9.90 Å². The van der Waals surface area contributed by atoms with Crippen molar-refractivity contribution in [2.45, 2.75) is 31.3 Å². The molecule has 0 aliphatic heterocycles. The summed E-state index contributed by atoms with van der Waals surface area (Å²) in [6, 6.07) is 3.30. The van der Waals surface area contributed by atoms with Crippen LogP contribution in [-0.4, -0.2) is 21.5 Å².